The highest BCUT2D eigenvalue weighted by Crippen LogP contribution is 2.21. The fourth-order valence-corrected chi connectivity index (χ4v) is 3.31. The number of hydrogen-bond donors (Lipinski definition) is 1. The van der Waals surface area contributed by atoms with Crippen LogP contribution in [0.5, 0.6) is 5.75 Å². The molecule has 0 radical (unpaired) electrons. The molecule has 3 aromatic rings. The van der Waals surface area contributed by atoms with Gasteiger partial charge < -0.3 is 14.6 Å². The fraction of sp³-hybridized carbons (Fsp3) is 0.200. The van der Waals surface area contributed by atoms with Crippen molar-refractivity contribution in [2.45, 2.75) is 18.3 Å². The van der Waals surface area contributed by atoms with E-state index in [1.54, 1.807) is 30.3 Å². The number of carbonyl (C=O) groups excluding carboxylic acids is 1. The summed E-state index contributed by atoms with van der Waals surface area (Å²) in [5, 5.41) is 0.675. The number of halogens is 2. The Morgan fingerprint density at radius 2 is 1.89 bits per heavy atom. The smallest absolute Gasteiger partial charge is 0.387 e. The number of carbonyl (C=O) groups is 1. The minimum absolute atomic E-state index is 0.0597. The molecule has 146 valence electrons. The number of imidazole rings is 1. The van der Waals surface area contributed by atoms with Gasteiger partial charge in [-0.25, -0.2) is 4.98 Å². The largest absolute Gasteiger partial charge is 0.435 e. The lowest BCUT2D eigenvalue weighted by atomic mass is 10.2. The zero-order valence-electron chi connectivity index (χ0n) is 15.1. The van der Waals surface area contributed by atoms with Crippen LogP contribution >= 0.6 is 11.8 Å². The third-order valence-corrected chi connectivity index (χ3v) is 4.84. The number of aromatic nitrogens is 2. The molecule has 1 aromatic heterocycles. The Bertz CT molecular complexity index is 901. The van der Waals surface area contributed by atoms with Gasteiger partial charge in [-0.05, 0) is 23.3 Å². The summed E-state index contributed by atoms with van der Waals surface area (Å²) in [4.78, 5) is 21.4. The first-order valence-electron chi connectivity index (χ1n) is 8.52. The molecule has 3 rings (SSSR count). The molecule has 1 amide bonds. The third kappa shape index (κ3) is 5.56. The molecule has 0 atom stereocenters. The standard InChI is InChI=1S/C20H19F2N3O2S/c1-25(12-14-7-9-16(10-8-14)27-19(21)22)18(26)13-28-20-23-11-17(24-20)15-5-3-2-4-6-15/h2-11,19H,12-13H2,1H3,(H,23,24). The van der Waals surface area contributed by atoms with Gasteiger partial charge in [0.1, 0.15) is 5.75 Å². The Morgan fingerprint density at radius 3 is 2.57 bits per heavy atom. The molecule has 0 bridgehead atoms. The first-order chi connectivity index (χ1) is 13.5. The average molecular weight is 403 g/mol. The summed E-state index contributed by atoms with van der Waals surface area (Å²) in [6, 6.07) is 16.1. The van der Waals surface area contributed by atoms with Gasteiger partial charge in [0.25, 0.3) is 0 Å². The van der Waals surface area contributed by atoms with Crippen LogP contribution in [-0.4, -0.2) is 40.2 Å². The lowest BCUT2D eigenvalue weighted by molar-refractivity contribution is -0.127. The van der Waals surface area contributed by atoms with E-state index < -0.39 is 6.61 Å². The molecular formula is C20H19F2N3O2S. The Kier molecular flexibility index (Phi) is 6.65. The molecule has 0 aliphatic carbocycles. The maximum absolute atomic E-state index is 12.3. The number of amides is 1. The highest BCUT2D eigenvalue weighted by atomic mass is 32.2. The number of ether oxygens (including phenoxy) is 1. The SMILES string of the molecule is CN(Cc1ccc(OC(F)F)cc1)C(=O)CSc1ncc(-c2ccccc2)[nH]1. The van der Waals surface area contributed by atoms with Crippen LogP contribution in [0.3, 0.4) is 0 Å². The van der Waals surface area contributed by atoms with Gasteiger partial charge in [-0.1, -0.05) is 54.2 Å². The fourth-order valence-electron chi connectivity index (χ4n) is 2.52. The third-order valence-electron chi connectivity index (χ3n) is 3.96. The van der Waals surface area contributed by atoms with E-state index in [9.17, 15) is 13.6 Å². The van der Waals surface area contributed by atoms with Gasteiger partial charge in [0.15, 0.2) is 5.16 Å². The van der Waals surface area contributed by atoms with Crippen LogP contribution < -0.4 is 4.74 Å². The summed E-state index contributed by atoms with van der Waals surface area (Å²) in [6.07, 6.45) is 1.74. The highest BCUT2D eigenvalue weighted by molar-refractivity contribution is 7.99. The topological polar surface area (TPSA) is 58.2 Å². The van der Waals surface area contributed by atoms with Gasteiger partial charge in [0, 0.05) is 13.6 Å². The van der Waals surface area contributed by atoms with E-state index in [4.69, 9.17) is 0 Å². The molecule has 0 saturated carbocycles. The molecule has 5 nitrogen and oxygen atoms in total. The van der Waals surface area contributed by atoms with Crippen molar-refractivity contribution in [2.24, 2.45) is 0 Å². The van der Waals surface area contributed by atoms with E-state index in [1.807, 2.05) is 30.3 Å². The molecule has 0 aliphatic heterocycles. The number of benzene rings is 2. The predicted molar refractivity (Wildman–Crippen MR) is 104 cm³/mol. The van der Waals surface area contributed by atoms with Crippen LogP contribution in [0.1, 0.15) is 5.56 Å². The number of thioether (sulfide) groups is 1. The van der Waals surface area contributed by atoms with Crippen molar-refractivity contribution in [1.82, 2.24) is 14.9 Å². The van der Waals surface area contributed by atoms with E-state index in [1.165, 1.54) is 23.9 Å². The van der Waals surface area contributed by atoms with Crippen LogP contribution in [-0.2, 0) is 11.3 Å². The molecule has 2 aromatic carbocycles. The maximum atomic E-state index is 12.3. The Morgan fingerprint density at radius 1 is 1.18 bits per heavy atom. The summed E-state index contributed by atoms with van der Waals surface area (Å²) < 4.78 is 28.7. The van der Waals surface area contributed by atoms with Crippen LogP contribution in [0, 0.1) is 0 Å². The second kappa shape index (κ2) is 9.36. The molecule has 8 heteroatoms. The average Bonchev–Trinajstić information content (AvgIpc) is 3.17. The zero-order valence-corrected chi connectivity index (χ0v) is 16.0. The zero-order chi connectivity index (χ0) is 19.9. The minimum atomic E-state index is -2.85. The molecule has 0 unspecified atom stereocenters. The summed E-state index contributed by atoms with van der Waals surface area (Å²) in [6.45, 7) is -2.47. The second-order valence-electron chi connectivity index (χ2n) is 6.03. The van der Waals surface area contributed by atoms with Gasteiger partial charge in [-0.3, -0.25) is 4.79 Å². The number of rotatable bonds is 8. The Labute approximate surface area is 165 Å². The first kappa shape index (κ1) is 19.9. The van der Waals surface area contributed by atoms with Crippen LogP contribution in [0.2, 0.25) is 0 Å². The van der Waals surface area contributed by atoms with E-state index in [0.29, 0.717) is 11.7 Å². The van der Waals surface area contributed by atoms with Crippen LogP contribution in [0.4, 0.5) is 8.78 Å². The minimum Gasteiger partial charge on any atom is -0.435 e. The van der Waals surface area contributed by atoms with E-state index in [2.05, 4.69) is 14.7 Å². The molecule has 0 saturated heterocycles. The van der Waals surface area contributed by atoms with Crippen LogP contribution in [0.25, 0.3) is 11.3 Å². The van der Waals surface area contributed by atoms with E-state index in [-0.39, 0.29) is 17.4 Å². The quantitative estimate of drug-likeness (QED) is 0.566. The number of nitrogens with zero attached hydrogens (tertiary/aromatic N) is 2. The summed E-state index contributed by atoms with van der Waals surface area (Å²) in [7, 11) is 1.70. The number of H-pyrrole nitrogens is 1. The van der Waals surface area contributed by atoms with Crippen molar-refractivity contribution < 1.29 is 18.3 Å². The van der Waals surface area contributed by atoms with E-state index in [0.717, 1.165) is 16.8 Å². The normalized spacial score (nSPS) is 10.9. The number of alkyl halides is 2. The predicted octanol–water partition coefficient (Wildman–Crippen LogP) is 4.43. The number of nitrogens with one attached hydrogen (secondary N) is 1. The second-order valence-corrected chi connectivity index (χ2v) is 6.99. The molecule has 1 heterocycles. The number of aromatic amines is 1. The van der Waals surface area contributed by atoms with Gasteiger partial charge in [-0.2, -0.15) is 8.78 Å². The number of hydrogen-bond acceptors (Lipinski definition) is 4. The molecular weight excluding hydrogens is 384 g/mol. The molecule has 0 fully saturated rings. The molecule has 28 heavy (non-hydrogen) atoms. The van der Waals surface area contributed by atoms with Crippen molar-refractivity contribution in [1.29, 1.82) is 0 Å². The Hall–Kier alpha value is -2.87. The molecule has 0 aliphatic rings. The van der Waals surface area contributed by atoms with Gasteiger partial charge in [0.2, 0.25) is 5.91 Å². The van der Waals surface area contributed by atoms with Gasteiger partial charge in [0.05, 0.1) is 17.6 Å². The van der Waals surface area contributed by atoms with Crippen molar-refractivity contribution in [3.63, 3.8) is 0 Å². The summed E-state index contributed by atoms with van der Waals surface area (Å²) in [5.41, 5.74) is 2.76. The van der Waals surface area contributed by atoms with Crippen molar-refractivity contribution in [3.8, 4) is 17.0 Å². The van der Waals surface area contributed by atoms with Crippen LogP contribution in [0.15, 0.2) is 66.0 Å². The van der Waals surface area contributed by atoms with E-state index >= 15 is 0 Å². The van der Waals surface area contributed by atoms with Crippen molar-refractivity contribution >= 4 is 17.7 Å². The van der Waals surface area contributed by atoms with Crippen molar-refractivity contribution in [3.05, 3.63) is 66.4 Å². The lowest BCUT2D eigenvalue weighted by Crippen LogP contribution is -2.27. The molecule has 0 spiro atoms. The van der Waals surface area contributed by atoms with Crippen molar-refractivity contribution in [2.75, 3.05) is 12.8 Å². The summed E-state index contributed by atoms with van der Waals surface area (Å²) >= 11 is 1.33. The first-order valence-corrected chi connectivity index (χ1v) is 9.51. The van der Waals surface area contributed by atoms with Gasteiger partial charge >= 0.3 is 6.61 Å². The van der Waals surface area contributed by atoms with Gasteiger partial charge in [-0.15, -0.1) is 0 Å². The summed E-state index contributed by atoms with van der Waals surface area (Å²) in [5.74, 6) is 0.274. The maximum Gasteiger partial charge on any atom is 0.387 e. The monoisotopic (exact) mass is 403 g/mol. The molecule has 1 N–H and O–H groups in total. The highest BCUT2D eigenvalue weighted by Gasteiger charge is 2.12. The Balaban J connectivity index is 1.50. The lowest BCUT2D eigenvalue weighted by Gasteiger charge is -2.17.